The number of aromatic nitrogens is 1. The lowest BCUT2D eigenvalue weighted by Gasteiger charge is -2.52. The first-order valence-corrected chi connectivity index (χ1v) is 13.8. The lowest BCUT2D eigenvalue weighted by molar-refractivity contribution is -0.122. The molecule has 2 amide bonds. The van der Waals surface area contributed by atoms with Crippen molar-refractivity contribution in [3.05, 3.63) is 125 Å². The molecule has 4 aliphatic rings. The number of imide groups is 1. The molecule has 0 radical (unpaired) electrons. The fourth-order valence-corrected chi connectivity index (χ4v) is 7.81. The zero-order valence-electron chi connectivity index (χ0n) is 20.7. The maximum Gasteiger partial charge on any atom is 0.239 e. The second-order valence-electron chi connectivity index (χ2n) is 10.2. The Bertz CT molecular complexity index is 1750. The fraction of sp³-hybridized carbons (Fsp3) is 0.125. The Morgan fingerprint density at radius 2 is 1.44 bits per heavy atom. The van der Waals surface area contributed by atoms with Gasteiger partial charge < -0.3 is 0 Å². The summed E-state index contributed by atoms with van der Waals surface area (Å²) in [6.45, 7) is 0. The monoisotopic (exact) mass is 526 g/mol. The smallest absolute Gasteiger partial charge is 0.239 e. The molecule has 1 aromatic heterocycles. The fourth-order valence-electron chi connectivity index (χ4n) is 6.99. The quantitative estimate of drug-likeness (QED) is 0.179. The summed E-state index contributed by atoms with van der Waals surface area (Å²) in [4.78, 5) is 34.5. The van der Waals surface area contributed by atoms with Gasteiger partial charge in [-0.3, -0.25) is 15.0 Å². The van der Waals surface area contributed by atoms with Gasteiger partial charge in [0.1, 0.15) is 0 Å². The highest BCUT2D eigenvalue weighted by molar-refractivity contribution is 7.22. The summed E-state index contributed by atoms with van der Waals surface area (Å²) in [5.74, 6) is -1.66. The van der Waals surface area contributed by atoms with Crippen LogP contribution in [0.15, 0.2) is 108 Å². The highest BCUT2D eigenvalue weighted by atomic mass is 32.1. The first-order chi connectivity index (χ1) is 19.2. The first kappa shape index (κ1) is 22.4. The van der Waals surface area contributed by atoms with Crippen LogP contribution >= 0.6 is 11.3 Å². The Labute approximate surface area is 228 Å². The van der Waals surface area contributed by atoms with Gasteiger partial charge in [-0.1, -0.05) is 90.2 Å². The van der Waals surface area contributed by atoms with Gasteiger partial charge in [0.15, 0.2) is 0 Å². The van der Waals surface area contributed by atoms with Gasteiger partial charge >= 0.3 is 0 Å². The number of thiazole rings is 1. The Hall–Kier alpha value is -4.62. The van der Waals surface area contributed by atoms with Crippen LogP contribution in [0.2, 0.25) is 0 Å². The van der Waals surface area contributed by atoms with Crippen LogP contribution in [0.5, 0.6) is 0 Å². The first-order valence-electron chi connectivity index (χ1n) is 13.0. The van der Waals surface area contributed by atoms with Crippen molar-refractivity contribution >= 4 is 50.4 Å². The average Bonchev–Trinajstić information content (AvgIpc) is 3.52. The molecule has 188 valence electrons. The van der Waals surface area contributed by atoms with E-state index in [1.807, 2.05) is 85.1 Å². The summed E-state index contributed by atoms with van der Waals surface area (Å²) >= 11 is 1.52. The SMILES string of the molecule is O=C1[C@@H]2C3c4ccccc4C(/C=N\Nc4nc5ccccc5s4)(c4ccccc43)[C@H]2C(=O)N1c1ccccc1. The average molecular weight is 527 g/mol. The normalized spacial score (nSPS) is 24.7. The lowest BCUT2D eigenvalue weighted by atomic mass is 9.47. The van der Waals surface area contributed by atoms with Gasteiger partial charge in [-0.05, 0) is 46.5 Å². The third kappa shape index (κ3) is 2.96. The number of hydrazone groups is 1. The van der Waals surface area contributed by atoms with Crippen LogP contribution in [-0.2, 0) is 15.0 Å². The van der Waals surface area contributed by atoms with Crippen molar-refractivity contribution in [2.45, 2.75) is 11.3 Å². The minimum absolute atomic E-state index is 0.151. The van der Waals surface area contributed by atoms with E-state index in [-0.39, 0.29) is 17.7 Å². The molecule has 4 aromatic carbocycles. The molecule has 7 heteroatoms. The predicted molar refractivity (Wildman–Crippen MR) is 153 cm³/mol. The van der Waals surface area contributed by atoms with Crippen LogP contribution < -0.4 is 10.3 Å². The second-order valence-corrected chi connectivity index (χ2v) is 11.3. The molecule has 9 rings (SSSR count). The van der Waals surface area contributed by atoms with Gasteiger partial charge in [0, 0.05) is 12.1 Å². The second kappa shape index (κ2) is 8.19. The standard InChI is InChI=1S/C32H22N4O2S/c37-29-27-26-20-12-4-6-14-22(20)32(23-15-7-5-13-21(23)26,28(27)30(38)36(29)19-10-2-1-3-11-19)18-33-35-31-34-24-16-8-9-17-25(24)39-31/h1-18,26-28H,(H,34,35)/b33-18-/t26?,27-,28-,32?/m1/s1. The number of rotatable bonds is 4. The zero-order valence-corrected chi connectivity index (χ0v) is 21.5. The molecule has 2 atom stereocenters. The number of hydrogen-bond acceptors (Lipinski definition) is 6. The molecule has 5 aromatic rings. The van der Waals surface area contributed by atoms with Crippen molar-refractivity contribution in [3.63, 3.8) is 0 Å². The van der Waals surface area contributed by atoms with E-state index in [4.69, 9.17) is 5.10 Å². The van der Waals surface area contributed by atoms with Crippen LogP contribution in [0.4, 0.5) is 10.8 Å². The van der Waals surface area contributed by atoms with Crippen LogP contribution in [0.1, 0.15) is 28.2 Å². The molecule has 1 fully saturated rings. The number of anilines is 2. The highest BCUT2D eigenvalue weighted by Crippen LogP contribution is 2.63. The maximum absolute atomic E-state index is 14.3. The summed E-state index contributed by atoms with van der Waals surface area (Å²) in [5.41, 5.74) is 7.96. The van der Waals surface area contributed by atoms with E-state index in [2.05, 4.69) is 34.7 Å². The van der Waals surface area contributed by atoms with Gasteiger partial charge in [0.2, 0.25) is 16.9 Å². The predicted octanol–water partition coefficient (Wildman–Crippen LogP) is 5.95. The van der Waals surface area contributed by atoms with Gasteiger partial charge in [0.05, 0.1) is 33.2 Å². The molecular weight excluding hydrogens is 504 g/mol. The van der Waals surface area contributed by atoms with E-state index in [1.165, 1.54) is 16.2 Å². The number of amides is 2. The minimum Gasteiger partial charge on any atom is -0.274 e. The summed E-state index contributed by atoms with van der Waals surface area (Å²) in [6.07, 6.45) is 1.85. The topological polar surface area (TPSA) is 74.7 Å². The van der Waals surface area contributed by atoms with E-state index >= 15 is 0 Å². The number of carbonyl (C=O) groups excluding carboxylic acids is 2. The summed E-state index contributed by atoms with van der Waals surface area (Å²) in [6, 6.07) is 33.6. The molecule has 0 spiro atoms. The summed E-state index contributed by atoms with van der Waals surface area (Å²) in [5, 5.41) is 5.41. The largest absolute Gasteiger partial charge is 0.274 e. The Balaban J connectivity index is 1.32. The van der Waals surface area contributed by atoms with E-state index in [0.29, 0.717) is 10.8 Å². The molecule has 1 aliphatic heterocycles. The number of nitrogens with zero attached hydrogens (tertiary/aromatic N) is 3. The minimum atomic E-state index is -0.910. The number of benzene rings is 4. The van der Waals surface area contributed by atoms with Gasteiger partial charge in [-0.15, -0.1) is 0 Å². The van der Waals surface area contributed by atoms with Gasteiger partial charge in [0.25, 0.3) is 0 Å². The molecule has 2 heterocycles. The molecule has 3 aliphatic carbocycles. The molecular formula is C32H22N4O2S. The van der Waals surface area contributed by atoms with Crippen molar-refractivity contribution in [2.24, 2.45) is 16.9 Å². The Kier molecular flexibility index (Phi) is 4.70. The van der Waals surface area contributed by atoms with Crippen molar-refractivity contribution in [2.75, 3.05) is 10.3 Å². The molecule has 2 bridgehead atoms. The van der Waals surface area contributed by atoms with E-state index in [1.54, 1.807) is 0 Å². The number of carbonyl (C=O) groups is 2. The molecule has 6 nitrogen and oxygen atoms in total. The van der Waals surface area contributed by atoms with E-state index in [0.717, 1.165) is 32.5 Å². The molecule has 1 N–H and O–H groups in total. The maximum atomic E-state index is 14.3. The van der Waals surface area contributed by atoms with Crippen molar-refractivity contribution in [1.29, 1.82) is 0 Å². The van der Waals surface area contributed by atoms with Gasteiger partial charge in [-0.2, -0.15) is 5.10 Å². The zero-order chi connectivity index (χ0) is 26.1. The highest BCUT2D eigenvalue weighted by Gasteiger charge is 2.68. The van der Waals surface area contributed by atoms with Crippen LogP contribution in [0, 0.1) is 11.8 Å². The molecule has 39 heavy (non-hydrogen) atoms. The Morgan fingerprint density at radius 3 is 2.15 bits per heavy atom. The van der Waals surface area contributed by atoms with Crippen molar-refractivity contribution < 1.29 is 9.59 Å². The molecule has 0 saturated carbocycles. The van der Waals surface area contributed by atoms with Crippen LogP contribution in [0.25, 0.3) is 10.2 Å². The molecule has 0 unspecified atom stereocenters. The van der Waals surface area contributed by atoms with Crippen LogP contribution in [-0.4, -0.2) is 23.0 Å². The third-order valence-electron chi connectivity index (χ3n) is 8.42. The number of fused-ring (bicyclic) bond motifs is 1. The van der Waals surface area contributed by atoms with Crippen molar-refractivity contribution in [3.8, 4) is 0 Å². The number of hydrogen-bond donors (Lipinski definition) is 1. The van der Waals surface area contributed by atoms with E-state index < -0.39 is 17.3 Å². The lowest BCUT2D eigenvalue weighted by Crippen LogP contribution is -2.54. The van der Waals surface area contributed by atoms with Crippen LogP contribution in [0.3, 0.4) is 0 Å². The van der Waals surface area contributed by atoms with Gasteiger partial charge in [-0.25, -0.2) is 9.88 Å². The van der Waals surface area contributed by atoms with Crippen molar-refractivity contribution in [1.82, 2.24) is 4.98 Å². The number of nitrogens with one attached hydrogen (secondary N) is 1. The summed E-state index contributed by atoms with van der Waals surface area (Å²) < 4.78 is 1.07. The van der Waals surface area contributed by atoms with E-state index in [9.17, 15) is 9.59 Å². The third-order valence-corrected chi connectivity index (χ3v) is 9.36. The summed E-state index contributed by atoms with van der Waals surface area (Å²) in [7, 11) is 0. The molecule has 1 saturated heterocycles. The Morgan fingerprint density at radius 1 is 0.795 bits per heavy atom. The number of para-hydroxylation sites is 2.